The molecule has 0 amide bonds. The second kappa shape index (κ2) is 17.3. The molecule has 0 aromatic heterocycles. The Kier molecular flexibility index (Phi) is 19.8. The predicted octanol–water partition coefficient (Wildman–Crippen LogP) is 3.68. The van der Waals surface area contributed by atoms with E-state index in [2.05, 4.69) is 9.05 Å². The van der Waals surface area contributed by atoms with Crippen molar-refractivity contribution in [2.45, 2.75) is 39.5 Å². The van der Waals surface area contributed by atoms with E-state index < -0.39 is 16.5 Å². The third-order valence-corrected chi connectivity index (χ3v) is 3.32. The van der Waals surface area contributed by atoms with E-state index in [1.165, 1.54) is 14.2 Å². The Bertz CT molecular complexity index is 191. The Morgan fingerprint density at radius 3 is 1.33 bits per heavy atom. The fourth-order valence-corrected chi connectivity index (χ4v) is 1.58. The average Bonchev–Trinajstić information content (AvgIpc) is 2.39. The van der Waals surface area contributed by atoms with E-state index in [9.17, 15) is 9.13 Å². The molecule has 0 spiro atoms. The van der Waals surface area contributed by atoms with Gasteiger partial charge in [-0.15, -0.1) is 0 Å². The molecule has 2 atom stereocenters. The number of rotatable bonds is 10. The molecule has 0 aliphatic heterocycles. The van der Waals surface area contributed by atoms with E-state index in [1.54, 1.807) is 0 Å². The Balaban J connectivity index is 0. The zero-order valence-corrected chi connectivity index (χ0v) is 13.7. The number of hydrogen-bond acceptors (Lipinski definition) is 6. The van der Waals surface area contributed by atoms with Gasteiger partial charge in [0.15, 0.2) is 0 Å². The Morgan fingerprint density at radius 2 is 1.11 bits per heavy atom. The van der Waals surface area contributed by atoms with Crippen molar-refractivity contribution in [3.05, 3.63) is 0 Å². The normalized spacial score (nSPS) is 13.6. The molecule has 8 heteroatoms. The summed E-state index contributed by atoms with van der Waals surface area (Å²) in [6.07, 6.45) is 4.00. The third-order valence-electron chi connectivity index (χ3n) is 1.77. The zero-order valence-electron chi connectivity index (χ0n) is 11.7. The topological polar surface area (TPSA) is 71.1 Å². The summed E-state index contributed by atoms with van der Waals surface area (Å²) < 4.78 is 39.2. The lowest BCUT2D eigenvalue weighted by Crippen LogP contribution is -1.84. The van der Waals surface area contributed by atoms with Gasteiger partial charge in [-0.05, 0) is 12.8 Å². The van der Waals surface area contributed by atoms with Crippen LogP contribution < -0.4 is 0 Å². The standard InChI is InChI=1S/2C5H13O3P/c2*1-3-4-5-8-9(6)7-2/h2*9H,3-5H2,1-2H3. The van der Waals surface area contributed by atoms with Gasteiger partial charge < -0.3 is 18.1 Å². The van der Waals surface area contributed by atoms with Crippen LogP contribution in [0.5, 0.6) is 0 Å². The largest absolute Gasteiger partial charge is 0.318 e. The summed E-state index contributed by atoms with van der Waals surface area (Å²) in [6.45, 7) is 5.19. The van der Waals surface area contributed by atoms with Gasteiger partial charge in [-0.25, -0.2) is 0 Å². The van der Waals surface area contributed by atoms with E-state index in [0.29, 0.717) is 13.2 Å². The first-order chi connectivity index (χ1) is 8.62. The number of unbranched alkanes of at least 4 members (excludes halogenated alkanes) is 2. The van der Waals surface area contributed by atoms with E-state index in [1.807, 2.05) is 13.8 Å². The van der Waals surface area contributed by atoms with E-state index in [0.717, 1.165) is 25.7 Å². The van der Waals surface area contributed by atoms with Crippen molar-refractivity contribution in [3.63, 3.8) is 0 Å². The Labute approximate surface area is 111 Å². The van der Waals surface area contributed by atoms with Crippen LogP contribution in [0.25, 0.3) is 0 Å². The summed E-state index contributed by atoms with van der Waals surface area (Å²) in [4.78, 5) is 0. The quantitative estimate of drug-likeness (QED) is 0.453. The van der Waals surface area contributed by atoms with Crippen molar-refractivity contribution in [1.29, 1.82) is 0 Å². The lowest BCUT2D eigenvalue weighted by Gasteiger charge is -1.98. The third kappa shape index (κ3) is 18.7. The first-order valence-corrected chi connectivity index (χ1v) is 8.48. The minimum Gasteiger partial charge on any atom is -0.314 e. The molecule has 0 fully saturated rings. The molecule has 0 aliphatic rings. The maximum atomic E-state index is 10.4. The van der Waals surface area contributed by atoms with Gasteiger partial charge in [-0.3, -0.25) is 9.13 Å². The molecule has 0 aliphatic carbocycles. The highest BCUT2D eigenvalue weighted by Crippen LogP contribution is 2.22. The predicted molar refractivity (Wildman–Crippen MR) is 73.7 cm³/mol. The highest BCUT2D eigenvalue weighted by molar-refractivity contribution is 7.33. The van der Waals surface area contributed by atoms with Crippen LogP contribution in [0.3, 0.4) is 0 Å². The molecule has 0 aromatic carbocycles. The minimum atomic E-state index is -2.15. The van der Waals surface area contributed by atoms with Crippen LogP contribution in [-0.4, -0.2) is 27.4 Å². The fourth-order valence-electron chi connectivity index (χ4n) is 0.718. The van der Waals surface area contributed by atoms with Crippen LogP contribution in [0, 0.1) is 0 Å². The molecule has 2 unspecified atom stereocenters. The highest BCUT2D eigenvalue weighted by atomic mass is 31.1. The molecule has 0 saturated heterocycles. The monoisotopic (exact) mass is 304 g/mol. The first-order valence-electron chi connectivity index (χ1n) is 6.03. The summed E-state index contributed by atoms with van der Waals surface area (Å²) in [7, 11) is -1.54. The summed E-state index contributed by atoms with van der Waals surface area (Å²) >= 11 is 0. The van der Waals surface area contributed by atoms with Gasteiger partial charge >= 0.3 is 16.5 Å². The van der Waals surface area contributed by atoms with Crippen LogP contribution in [-0.2, 0) is 27.2 Å². The zero-order chi connectivity index (χ0) is 14.2. The molecule has 0 saturated carbocycles. The van der Waals surface area contributed by atoms with Crippen LogP contribution in [0.1, 0.15) is 39.5 Å². The fraction of sp³-hybridized carbons (Fsp3) is 1.00. The highest BCUT2D eigenvalue weighted by Gasteiger charge is 1.93. The molecule has 0 heterocycles. The molecule has 112 valence electrons. The van der Waals surface area contributed by atoms with Crippen molar-refractivity contribution < 1.29 is 27.2 Å². The Hall–Kier alpha value is 0.300. The maximum Gasteiger partial charge on any atom is 0.318 e. The second-order valence-corrected chi connectivity index (χ2v) is 5.71. The Morgan fingerprint density at radius 1 is 0.778 bits per heavy atom. The molecular formula is C10H26O6P2. The van der Waals surface area contributed by atoms with E-state index in [4.69, 9.17) is 9.05 Å². The van der Waals surface area contributed by atoms with Crippen molar-refractivity contribution in [2.75, 3.05) is 27.4 Å². The molecule has 0 rings (SSSR count). The van der Waals surface area contributed by atoms with Gasteiger partial charge in [0.1, 0.15) is 0 Å². The van der Waals surface area contributed by atoms with E-state index >= 15 is 0 Å². The van der Waals surface area contributed by atoms with Gasteiger partial charge in [0, 0.05) is 14.2 Å². The van der Waals surface area contributed by atoms with Crippen molar-refractivity contribution in [3.8, 4) is 0 Å². The maximum absolute atomic E-state index is 10.4. The second-order valence-electron chi connectivity index (χ2n) is 3.31. The van der Waals surface area contributed by atoms with Gasteiger partial charge in [0.25, 0.3) is 0 Å². The smallest absolute Gasteiger partial charge is 0.314 e. The molecule has 6 nitrogen and oxygen atoms in total. The van der Waals surface area contributed by atoms with Crippen LogP contribution in [0.4, 0.5) is 0 Å². The van der Waals surface area contributed by atoms with Crippen molar-refractivity contribution >= 4 is 16.5 Å². The van der Waals surface area contributed by atoms with Crippen LogP contribution >= 0.6 is 16.5 Å². The summed E-state index contributed by atoms with van der Waals surface area (Å²) in [5.74, 6) is 0. The molecule has 0 N–H and O–H groups in total. The van der Waals surface area contributed by atoms with Gasteiger partial charge in [0.2, 0.25) is 0 Å². The van der Waals surface area contributed by atoms with Gasteiger partial charge in [0.05, 0.1) is 13.2 Å². The SMILES string of the molecule is CCCCO[PH](=O)OC.CCCCO[PH](=O)OC. The van der Waals surface area contributed by atoms with E-state index in [-0.39, 0.29) is 0 Å². The van der Waals surface area contributed by atoms with Crippen molar-refractivity contribution in [1.82, 2.24) is 0 Å². The van der Waals surface area contributed by atoms with Crippen LogP contribution in [0.2, 0.25) is 0 Å². The molecular weight excluding hydrogens is 278 g/mol. The average molecular weight is 304 g/mol. The molecule has 0 aromatic rings. The lowest BCUT2D eigenvalue weighted by molar-refractivity contribution is 0.252. The molecule has 0 radical (unpaired) electrons. The molecule has 0 bridgehead atoms. The summed E-state index contributed by atoms with van der Waals surface area (Å²) in [6, 6.07) is 0. The number of hydrogen-bond donors (Lipinski definition) is 0. The summed E-state index contributed by atoms with van der Waals surface area (Å²) in [5.41, 5.74) is 0. The van der Waals surface area contributed by atoms with Crippen molar-refractivity contribution in [2.24, 2.45) is 0 Å². The lowest BCUT2D eigenvalue weighted by atomic mass is 10.4. The molecule has 18 heavy (non-hydrogen) atoms. The van der Waals surface area contributed by atoms with Gasteiger partial charge in [-0.2, -0.15) is 0 Å². The summed E-state index contributed by atoms with van der Waals surface area (Å²) in [5, 5.41) is 0. The van der Waals surface area contributed by atoms with Crippen LogP contribution in [0.15, 0.2) is 0 Å². The first kappa shape index (κ1) is 20.6. The minimum absolute atomic E-state index is 0.544. The van der Waals surface area contributed by atoms with Gasteiger partial charge in [-0.1, -0.05) is 26.7 Å².